The van der Waals surface area contributed by atoms with Gasteiger partial charge in [0.25, 0.3) is 0 Å². The lowest BCUT2D eigenvalue weighted by Gasteiger charge is -2.27. The van der Waals surface area contributed by atoms with Crippen molar-refractivity contribution in [3.63, 3.8) is 0 Å². The Hall–Kier alpha value is -3.79. The molecular weight excluding hydrogens is 555 g/mol. The lowest BCUT2D eigenvalue weighted by atomic mass is 10.0. The van der Waals surface area contributed by atoms with Gasteiger partial charge in [0.15, 0.2) is 11.6 Å². The Balaban J connectivity index is 1.26. The number of hydrogen-bond acceptors (Lipinski definition) is 7. The zero-order chi connectivity index (χ0) is 29.9. The average molecular weight is 593 g/mol. The van der Waals surface area contributed by atoms with E-state index in [4.69, 9.17) is 9.47 Å². The molecule has 42 heavy (non-hydrogen) atoms. The number of nitrogens with zero attached hydrogens (tertiary/aromatic N) is 4. The molecule has 10 heteroatoms. The highest BCUT2D eigenvalue weighted by molar-refractivity contribution is 7.22. The van der Waals surface area contributed by atoms with Crippen molar-refractivity contribution in [1.82, 2.24) is 19.7 Å². The molecule has 1 aliphatic rings. The molecule has 5 rings (SSSR count). The number of pyridine rings is 1. The molecule has 0 saturated heterocycles. The van der Waals surface area contributed by atoms with Crippen molar-refractivity contribution < 1.29 is 23.5 Å². The molecular formula is C32H37FN4O4S. The van der Waals surface area contributed by atoms with Gasteiger partial charge in [-0.3, -0.25) is 14.5 Å². The Morgan fingerprint density at radius 2 is 1.95 bits per heavy atom. The van der Waals surface area contributed by atoms with Crippen LogP contribution in [0.1, 0.15) is 58.9 Å². The molecule has 3 aromatic heterocycles. The van der Waals surface area contributed by atoms with Crippen molar-refractivity contribution in [1.29, 1.82) is 0 Å². The summed E-state index contributed by atoms with van der Waals surface area (Å²) >= 11 is 1.49. The first-order valence-corrected chi connectivity index (χ1v) is 15.3. The smallest absolute Gasteiger partial charge is 0.410 e. The molecule has 0 radical (unpaired) electrons. The number of aromatic nitrogens is 3. The molecule has 4 aromatic rings. The van der Waals surface area contributed by atoms with E-state index in [2.05, 4.69) is 10.1 Å². The van der Waals surface area contributed by atoms with Crippen molar-refractivity contribution in [2.75, 3.05) is 13.1 Å². The minimum Gasteiger partial charge on any atom is -0.453 e. The highest BCUT2D eigenvalue weighted by atomic mass is 32.1. The van der Waals surface area contributed by atoms with Crippen molar-refractivity contribution in [3.05, 3.63) is 60.3 Å². The molecule has 1 saturated carbocycles. The largest absolute Gasteiger partial charge is 0.453 e. The van der Waals surface area contributed by atoms with Crippen LogP contribution in [0.15, 0.2) is 48.9 Å². The molecule has 0 unspecified atom stereocenters. The molecule has 8 nitrogen and oxygen atoms in total. The van der Waals surface area contributed by atoms with Crippen LogP contribution in [-0.2, 0) is 22.5 Å². The topological polar surface area (TPSA) is 86.5 Å². The van der Waals surface area contributed by atoms with Crippen LogP contribution in [0.4, 0.5) is 9.18 Å². The Bertz CT molecular complexity index is 1570. The second kappa shape index (κ2) is 12.6. The van der Waals surface area contributed by atoms with E-state index in [9.17, 15) is 14.0 Å². The summed E-state index contributed by atoms with van der Waals surface area (Å²) in [4.78, 5) is 31.9. The second-order valence-corrected chi connectivity index (χ2v) is 12.9. The maximum atomic E-state index is 15.0. The van der Waals surface area contributed by atoms with Gasteiger partial charge < -0.3 is 14.4 Å². The number of carbonyl (C=O) groups is 2. The van der Waals surface area contributed by atoms with Crippen LogP contribution < -0.4 is 4.74 Å². The maximum Gasteiger partial charge on any atom is 0.410 e. The maximum absolute atomic E-state index is 15.0. The van der Waals surface area contributed by atoms with Gasteiger partial charge in [0.2, 0.25) is 0 Å². The number of hydrogen-bond donors (Lipinski definition) is 0. The molecule has 0 spiro atoms. The Kier molecular flexibility index (Phi) is 8.91. The standard InChI is InChI=1S/C32H37FN4O4S/c1-5-12-36(31(39)41-32(2,3)4)13-14-37-20-23(19-35-37)29-18-26-30(42-29)28(10-11-34-26)40-27-9-8-22(17-25(27)33)16-24(38)15-21-6-7-21/h8-11,17-21H,5-7,12-16H2,1-4H3. The van der Waals surface area contributed by atoms with E-state index in [1.807, 2.05) is 44.6 Å². The van der Waals surface area contributed by atoms with Crippen molar-refractivity contribution in [3.8, 4) is 21.9 Å². The van der Waals surface area contributed by atoms with Crippen LogP contribution in [-0.4, -0.2) is 50.2 Å². The molecule has 1 fully saturated rings. The van der Waals surface area contributed by atoms with E-state index in [-0.39, 0.29) is 24.0 Å². The van der Waals surface area contributed by atoms with Gasteiger partial charge in [-0.25, -0.2) is 9.18 Å². The number of Topliss-reactive ketones (excluding diaryl/α,β-unsaturated/α-hetero) is 1. The van der Waals surface area contributed by atoms with Crippen LogP contribution in [0.25, 0.3) is 20.7 Å². The molecule has 222 valence electrons. The van der Waals surface area contributed by atoms with Crippen molar-refractivity contribution in [2.45, 2.75) is 71.9 Å². The summed E-state index contributed by atoms with van der Waals surface area (Å²) < 4.78 is 29.1. The minimum absolute atomic E-state index is 0.102. The number of ether oxygens (including phenoxy) is 2. The van der Waals surface area contributed by atoms with Gasteiger partial charge in [-0.2, -0.15) is 5.10 Å². The summed E-state index contributed by atoms with van der Waals surface area (Å²) in [6.45, 7) is 9.22. The summed E-state index contributed by atoms with van der Waals surface area (Å²) in [7, 11) is 0. The van der Waals surface area contributed by atoms with Crippen LogP contribution in [0, 0.1) is 11.7 Å². The van der Waals surface area contributed by atoms with E-state index >= 15 is 0 Å². The average Bonchev–Trinajstić information content (AvgIpc) is 3.41. The molecule has 3 heterocycles. The van der Waals surface area contributed by atoms with Gasteiger partial charge in [0.1, 0.15) is 17.1 Å². The highest BCUT2D eigenvalue weighted by Gasteiger charge is 2.25. The van der Waals surface area contributed by atoms with E-state index in [1.54, 1.807) is 35.5 Å². The highest BCUT2D eigenvalue weighted by Crippen LogP contribution is 2.39. The third-order valence-electron chi connectivity index (χ3n) is 6.87. The molecule has 1 aliphatic carbocycles. The fourth-order valence-electron chi connectivity index (χ4n) is 4.66. The lowest BCUT2D eigenvalue weighted by molar-refractivity contribution is -0.118. The van der Waals surface area contributed by atoms with Crippen molar-refractivity contribution >= 4 is 33.4 Å². The minimum atomic E-state index is -0.551. The molecule has 1 aromatic carbocycles. The molecule has 0 aliphatic heterocycles. The zero-order valence-electron chi connectivity index (χ0n) is 24.6. The van der Waals surface area contributed by atoms with Crippen LogP contribution >= 0.6 is 11.3 Å². The van der Waals surface area contributed by atoms with E-state index in [0.29, 0.717) is 43.3 Å². The number of amides is 1. The zero-order valence-corrected chi connectivity index (χ0v) is 25.4. The normalized spacial score (nSPS) is 13.4. The number of carbonyl (C=O) groups excluding carboxylic acids is 2. The number of halogens is 1. The Labute approximate surface area is 249 Å². The first kappa shape index (κ1) is 29.7. The van der Waals surface area contributed by atoms with Gasteiger partial charge in [-0.05, 0) is 69.7 Å². The van der Waals surface area contributed by atoms with E-state index in [0.717, 1.165) is 39.9 Å². The lowest BCUT2D eigenvalue weighted by Crippen LogP contribution is -2.39. The Morgan fingerprint density at radius 1 is 1.14 bits per heavy atom. The summed E-state index contributed by atoms with van der Waals surface area (Å²) in [5.74, 6) is 0.776. The number of fused-ring (bicyclic) bond motifs is 1. The SMILES string of the molecule is CCCN(CCn1cc(-c2cc3nccc(Oc4ccc(CC(=O)CC5CC5)cc4F)c3s2)cn1)C(=O)OC(C)(C)C. The molecule has 0 N–H and O–H groups in total. The quantitative estimate of drug-likeness (QED) is 0.168. The van der Waals surface area contributed by atoms with Gasteiger partial charge >= 0.3 is 6.09 Å². The number of thiophene rings is 1. The van der Waals surface area contributed by atoms with Gasteiger partial charge in [0.05, 0.1) is 23.0 Å². The number of ketones is 1. The number of rotatable bonds is 12. The van der Waals surface area contributed by atoms with Crippen molar-refractivity contribution in [2.24, 2.45) is 5.92 Å². The van der Waals surface area contributed by atoms with Crippen LogP contribution in [0.2, 0.25) is 0 Å². The molecule has 0 atom stereocenters. The van der Waals surface area contributed by atoms with E-state index < -0.39 is 11.4 Å². The Morgan fingerprint density at radius 3 is 2.67 bits per heavy atom. The predicted octanol–water partition coefficient (Wildman–Crippen LogP) is 7.65. The fourth-order valence-corrected chi connectivity index (χ4v) is 5.70. The summed E-state index contributed by atoms with van der Waals surface area (Å²) in [6, 6.07) is 8.40. The molecule has 0 bridgehead atoms. The van der Waals surface area contributed by atoms with Gasteiger partial charge in [-0.1, -0.05) is 13.0 Å². The van der Waals surface area contributed by atoms with Gasteiger partial charge in [0, 0.05) is 54.8 Å². The third kappa shape index (κ3) is 7.73. The monoisotopic (exact) mass is 592 g/mol. The van der Waals surface area contributed by atoms with Gasteiger partial charge in [-0.15, -0.1) is 11.3 Å². The first-order valence-electron chi connectivity index (χ1n) is 14.4. The van der Waals surface area contributed by atoms with Crippen LogP contribution in [0.5, 0.6) is 11.5 Å². The van der Waals surface area contributed by atoms with E-state index in [1.165, 1.54) is 17.4 Å². The summed E-state index contributed by atoms with van der Waals surface area (Å²) in [6.07, 6.45) is 8.93. The summed E-state index contributed by atoms with van der Waals surface area (Å²) in [5, 5.41) is 4.50. The van der Waals surface area contributed by atoms with Crippen LogP contribution in [0.3, 0.4) is 0 Å². The first-order chi connectivity index (χ1) is 20.1. The number of benzene rings is 1. The molecule has 1 amide bonds. The fraction of sp³-hybridized carbons (Fsp3) is 0.438. The second-order valence-electron chi connectivity index (χ2n) is 11.8. The summed E-state index contributed by atoms with van der Waals surface area (Å²) in [5.41, 5.74) is 1.76. The predicted molar refractivity (Wildman–Crippen MR) is 161 cm³/mol. The third-order valence-corrected chi connectivity index (χ3v) is 8.06.